The second-order valence-electron chi connectivity index (χ2n) is 4.14. The summed E-state index contributed by atoms with van der Waals surface area (Å²) in [4.78, 5) is 20.0. The van der Waals surface area contributed by atoms with Crippen molar-refractivity contribution in [2.24, 2.45) is 0 Å². The van der Waals surface area contributed by atoms with E-state index in [1.54, 1.807) is 12.4 Å². The Morgan fingerprint density at radius 2 is 2.16 bits per heavy atom. The van der Waals surface area contributed by atoms with Gasteiger partial charge in [-0.05, 0) is 18.6 Å². The Morgan fingerprint density at radius 3 is 2.89 bits per heavy atom. The maximum Gasteiger partial charge on any atom is 0.303 e. The van der Waals surface area contributed by atoms with E-state index in [9.17, 15) is 4.79 Å². The van der Waals surface area contributed by atoms with E-state index in [2.05, 4.69) is 9.97 Å². The molecule has 3 aromatic rings. The molecule has 1 N–H and O–H groups in total. The first-order chi connectivity index (χ1) is 9.24. The number of rotatable bonds is 4. The molecule has 0 aliphatic carbocycles. The molecule has 0 aliphatic heterocycles. The van der Waals surface area contributed by atoms with Gasteiger partial charge in [0.05, 0.1) is 12.1 Å². The number of carbonyl (C=O) groups is 1. The van der Waals surface area contributed by atoms with E-state index in [0.717, 1.165) is 21.9 Å². The van der Waals surface area contributed by atoms with Crippen LogP contribution in [-0.4, -0.2) is 25.4 Å². The Labute approximate surface area is 113 Å². The summed E-state index contributed by atoms with van der Waals surface area (Å²) in [7, 11) is 0. The zero-order valence-corrected chi connectivity index (χ0v) is 10.8. The highest BCUT2D eigenvalue weighted by Crippen LogP contribution is 2.23. The number of fused-ring (bicyclic) bond motifs is 1. The Morgan fingerprint density at radius 1 is 1.37 bits per heavy atom. The first kappa shape index (κ1) is 11.9. The molecule has 0 saturated carbocycles. The molecule has 3 heterocycles. The van der Waals surface area contributed by atoms with Crippen LogP contribution in [0.2, 0.25) is 0 Å². The lowest BCUT2D eigenvalue weighted by atomic mass is 10.2. The fraction of sp³-hybridized carbons (Fsp3) is 0.154. The van der Waals surface area contributed by atoms with E-state index >= 15 is 0 Å². The molecule has 3 aromatic heterocycles. The summed E-state index contributed by atoms with van der Waals surface area (Å²) < 4.78 is 1.96. The van der Waals surface area contributed by atoms with Gasteiger partial charge in [-0.2, -0.15) is 0 Å². The molecule has 0 spiro atoms. The van der Waals surface area contributed by atoms with Gasteiger partial charge in [0.15, 0.2) is 4.96 Å². The molecule has 0 fully saturated rings. The number of nitrogens with zero attached hydrogens (tertiary/aromatic N) is 3. The number of aryl methyl sites for hydroxylation is 1. The van der Waals surface area contributed by atoms with Crippen molar-refractivity contribution in [1.82, 2.24) is 14.4 Å². The van der Waals surface area contributed by atoms with Gasteiger partial charge in [0.2, 0.25) is 0 Å². The number of aromatic nitrogens is 3. The second-order valence-corrected chi connectivity index (χ2v) is 4.97. The Hall–Kier alpha value is -2.21. The first-order valence-corrected chi connectivity index (χ1v) is 6.69. The van der Waals surface area contributed by atoms with Crippen LogP contribution in [0.15, 0.2) is 36.1 Å². The van der Waals surface area contributed by atoms with E-state index in [0.29, 0.717) is 6.42 Å². The Bertz CT molecular complexity index is 718. The predicted molar refractivity (Wildman–Crippen MR) is 72.3 cm³/mol. The van der Waals surface area contributed by atoms with Crippen LogP contribution in [0.1, 0.15) is 12.1 Å². The van der Waals surface area contributed by atoms with Crippen molar-refractivity contribution in [3.63, 3.8) is 0 Å². The number of thiazole rings is 1. The minimum atomic E-state index is -0.783. The summed E-state index contributed by atoms with van der Waals surface area (Å²) in [5, 5.41) is 10.7. The van der Waals surface area contributed by atoms with Crippen molar-refractivity contribution in [2.45, 2.75) is 12.8 Å². The number of imidazole rings is 1. The van der Waals surface area contributed by atoms with Crippen LogP contribution in [-0.2, 0) is 11.2 Å². The minimum absolute atomic E-state index is 0.134. The monoisotopic (exact) mass is 273 g/mol. The molecule has 5 nitrogen and oxygen atoms in total. The lowest BCUT2D eigenvalue weighted by molar-refractivity contribution is -0.136. The fourth-order valence-corrected chi connectivity index (χ4v) is 2.81. The molecule has 96 valence electrons. The number of aliphatic carboxylic acids is 1. The van der Waals surface area contributed by atoms with Gasteiger partial charge >= 0.3 is 5.97 Å². The molecule has 0 radical (unpaired) electrons. The van der Waals surface area contributed by atoms with Gasteiger partial charge in [-0.25, -0.2) is 4.98 Å². The molecule has 0 aromatic carbocycles. The zero-order chi connectivity index (χ0) is 13.2. The average molecular weight is 273 g/mol. The lowest BCUT2D eigenvalue weighted by Crippen LogP contribution is -1.99. The van der Waals surface area contributed by atoms with Crippen LogP contribution >= 0.6 is 11.3 Å². The van der Waals surface area contributed by atoms with Gasteiger partial charge in [-0.15, -0.1) is 11.3 Å². The lowest BCUT2D eigenvalue weighted by Gasteiger charge is -1.96. The molecule has 0 amide bonds. The zero-order valence-electron chi connectivity index (χ0n) is 9.98. The van der Waals surface area contributed by atoms with Gasteiger partial charge < -0.3 is 5.11 Å². The van der Waals surface area contributed by atoms with Crippen molar-refractivity contribution < 1.29 is 9.90 Å². The molecule has 0 atom stereocenters. The van der Waals surface area contributed by atoms with Crippen LogP contribution in [0.25, 0.3) is 16.2 Å². The van der Waals surface area contributed by atoms with E-state index < -0.39 is 5.97 Å². The first-order valence-electron chi connectivity index (χ1n) is 5.82. The summed E-state index contributed by atoms with van der Waals surface area (Å²) in [6.45, 7) is 0. The summed E-state index contributed by atoms with van der Waals surface area (Å²) >= 11 is 1.52. The number of hydrogen-bond donors (Lipinski definition) is 1. The summed E-state index contributed by atoms with van der Waals surface area (Å²) in [5.41, 5.74) is 2.87. The largest absolute Gasteiger partial charge is 0.481 e. The SMILES string of the molecule is O=C(O)CCc1csc2nc(-c3ccncc3)cn12. The van der Waals surface area contributed by atoms with Gasteiger partial charge in [0, 0.05) is 35.2 Å². The van der Waals surface area contributed by atoms with Crippen molar-refractivity contribution in [3.05, 3.63) is 41.8 Å². The topological polar surface area (TPSA) is 67.5 Å². The third-order valence-electron chi connectivity index (χ3n) is 2.85. The van der Waals surface area contributed by atoms with Crippen LogP contribution in [0.4, 0.5) is 0 Å². The van der Waals surface area contributed by atoms with E-state index in [1.165, 1.54) is 11.3 Å². The molecule has 19 heavy (non-hydrogen) atoms. The van der Waals surface area contributed by atoms with Crippen LogP contribution in [0, 0.1) is 0 Å². The van der Waals surface area contributed by atoms with E-state index in [1.807, 2.05) is 28.1 Å². The smallest absolute Gasteiger partial charge is 0.303 e. The molecular weight excluding hydrogens is 262 g/mol. The Balaban J connectivity index is 1.96. The van der Waals surface area contributed by atoms with Gasteiger partial charge in [-0.3, -0.25) is 14.2 Å². The standard InChI is InChI=1S/C13H11N3O2S/c17-12(18)2-1-10-8-19-13-15-11(7-16(10)13)9-3-5-14-6-4-9/h3-8H,1-2H2,(H,17,18). The quantitative estimate of drug-likeness (QED) is 0.793. The molecular formula is C13H11N3O2S. The van der Waals surface area contributed by atoms with E-state index in [4.69, 9.17) is 5.11 Å². The summed E-state index contributed by atoms with van der Waals surface area (Å²) in [5.74, 6) is -0.783. The fourth-order valence-electron chi connectivity index (χ4n) is 1.91. The van der Waals surface area contributed by atoms with Crippen molar-refractivity contribution >= 4 is 22.3 Å². The maximum absolute atomic E-state index is 10.6. The van der Waals surface area contributed by atoms with Gasteiger partial charge in [0.1, 0.15) is 0 Å². The van der Waals surface area contributed by atoms with Crippen LogP contribution in [0.3, 0.4) is 0 Å². The minimum Gasteiger partial charge on any atom is -0.481 e. The third-order valence-corrected chi connectivity index (χ3v) is 3.74. The molecule has 0 saturated heterocycles. The van der Waals surface area contributed by atoms with Gasteiger partial charge in [0.25, 0.3) is 0 Å². The summed E-state index contributed by atoms with van der Waals surface area (Å²) in [6.07, 6.45) is 6.05. The number of carboxylic acids is 1. The van der Waals surface area contributed by atoms with Crippen molar-refractivity contribution in [2.75, 3.05) is 0 Å². The molecule has 0 unspecified atom stereocenters. The summed E-state index contributed by atoms with van der Waals surface area (Å²) in [6, 6.07) is 3.81. The number of carboxylic acid groups (broad SMARTS) is 1. The Kier molecular flexibility index (Phi) is 3.00. The molecule has 6 heteroatoms. The van der Waals surface area contributed by atoms with E-state index in [-0.39, 0.29) is 6.42 Å². The molecule has 0 bridgehead atoms. The van der Waals surface area contributed by atoms with Crippen molar-refractivity contribution in [1.29, 1.82) is 0 Å². The average Bonchev–Trinajstić information content (AvgIpc) is 2.97. The normalized spacial score (nSPS) is 10.9. The molecule has 0 aliphatic rings. The highest BCUT2D eigenvalue weighted by molar-refractivity contribution is 7.15. The third kappa shape index (κ3) is 2.34. The second kappa shape index (κ2) is 4.81. The van der Waals surface area contributed by atoms with Gasteiger partial charge in [-0.1, -0.05) is 0 Å². The highest BCUT2D eigenvalue weighted by atomic mass is 32.1. The number of hydrogen-bond acceptors (Lipinski definition) is 4. The van der Waals surface area contributed by atoms with Crippen LogP contribution in [0.5, 0.6) is 0 Å². The molecule has 3 rings (SSSR count). The maximum atomic E-state index is 10.6. The van der Waals surface area contributed by atoms with Crippen LogP contribution < -0.4 is 0 Å². The predicted octanol–water partition coefficient (Wildman–Crippen LogP) is 2.48. The highest BCUT2D eigenvalue weighted by Gasteiger charge is 2.10. The number of pyridine rings is 1. The van der Waals surface area contributed by atoms with Crippen molar-refractivity contribution in [3.8, 4) is 11.3 Å².